The number of piperidine rings is 1. The number of guanidine groups is 1. The standard InChI is InChI=1S/C22H34N6/c1-3-21-11-6-7-14-27(21)16-13-24-22(23-2)25-17-19-9-4-5-10-20(19)18-28-15-8-12-26-28/h4-5,8-10,12,15,21H,3,6-7,11,13-14,16-18H2,1-2H3,(H2,23,24,25). The van der Waals surface area contributed by atoms with E-state index in [9.17, 15) is 0 Å². The van der Waals surface area contributed by atoms with Crippen molar-refractivity contribution in [1.29, 1.82) is 0 Å². The lowest BCUT2D eigenvalue weighted by atomic mass is 10.0. The van der Waals surface area contributed by atoms with Crippen LogP contribution in [-0.2, 0) is 13.1 Å². The summed E-state index contributed by atoms with van der Waals surface area (Å²) < 4.78 is 1.95. The molecule has 6 nitrogen and oxygen atoms in total. The fourth-order valence-corrected chi connectivity index (χ4v) is 3.99. The molecule has 1 aromatic carbocycles. The second-order valence-electron chi connectivity index (χ2n) is 7.42. The van der Waals surface area contributed by atoms with Gasteiger partial charge in [0.15, 0.2) is 5.96 Å². The summed E-state index contributed by atoms with van der Waals surface area (Å²) in [6.07, 6.45) is 9.11. The maximum Gasteiger partial charge on any atom is 0.191 e. The first-order valence-electron chi connectivity index (χ1n) is 10.5. The summed E-state index contributed by atoms with van der Waals surface area (Å²) in [4.78, 5) is 7.02. The van der Waals surface area contributed by atoms with E-state index < -0.39 is 0 Å². The topological polar surface area (TPSA) is 57.5 Å². The van der Waals surface area contributed by atoms with Gasteiger partial charge in [0.2, 0.25) is 0 Å². The quantitative estimate of drug-likeness (QED) is 0.544. The van der Waals surface area contributed by atoms with E-state index >= 15 is 0 Å². The predicted octanol–water partition coefficient (Wildman–Crippen LogP) is 2.86. The number of benzene rings is 1. The van der Waals surface area contributed by atoms with Crippen molar-refractivity contribution < 1.29 is 0 Å². The largest absolute Gasteiger partial charge is 0.355 e. The van der Waals surface area contributed by atoms with Crippen LogP contribution in [-0.4, -0.2) is 53.4 Å². The highest BCUT2D eigenvalue weighted by molar-refractivity contribution is 5.79. The van der Waals surface area contributed by atoms with Gasteiger partial charge in [-0.1, -0.05) is 37.6 Å². The fourth-order valence-electron chi connectivity index (χ4n) is 3.99. The van der Waals surface area contributed by atoms with Crippen LogP contribution in [0.1, 0.15) is 43.7 Å². The van der Waals surface area contributed by atoms with Gasteiger partial charge in [-0.25, -0.2) is 0 Å². The lowest BCUT2D eigenvalue weighted by Crippen LogP contribution is -2.45. The zero-order valence-electron chi connectivity index (χ0n) is 17.3. The zero-order chi connectivity index (χ0) is 19.6. The molecule has 2 N–H and O–H groups in total. The molecule has 28 heavy (non-hydrogen) atoms. The molecule has 1 unspecified atom stereocenters. The number of nitrogens with zero attached hydrogens (tertiary/aromatic N) is 4. The number of aliphatic imine (C=N–C) groups is 1. The number of rotatable bonds is 8. The number of hydrogen-bond acceptors (Lipinski definition) is 3. The summed E-state index contributed by atoms with van der Waals surface area (Å²) in [6.45, 7) is 7.06. The van der Waals surface area contributed by atoms with Crippen LogP contribution in [0.25, 0.3) is 0 Å². The molecular formula is C22H34N6. The third-order valence-electron chi connectivity index (χ3n) is 5.59. The maximum atomic E-state index is 4.39. The number of nitrogens with one attached hydrogen (secondary N) is 2. The van der Waals surface area contributed by atoms with Gasteiger partial charge in [0, 0.05) is 45.1 Å². The number of aromatic nitrogens is 2. The van der Waals surface area contributed by atoms with Crippen LogP contribution in [0.5, 0.6) is 0 Å². The average Bonchev–Trinajstić information content (AvgIpc) is 3.25. The molecule has 1 fully saturated rings. The van der Waals surface area contributed by atoms with Gasteiger partial charge < -0.3 is 10.6 Å². The Bertz CT molecular complexity index is 724. The highest BCUT2D eigenvalue weighted by Gasteiger charge is 2.19. The van der Waals surface area contributed by atoms with Crippen molar-refractivity contribution in [3.05, 3.63) is 53.9 Å². The van der Waals surface area contributed by atoms with E-state index in [1.807, 2.05) is 30.2 Å². The first-order chi connectivity index (χ1) is 13.8. The minimum atomic E-state index is 0.748. The first-order valence-corrected chi connectivity index (χ1v) is 10.5. The number of likely N-dealkylation sites (tertiary alicyclic amines) is 1. The molecule has 1 aliphatic heterocycles. The Morgan fingerprint density at radius 3 is 2.79 bits per heavy atom. The van der Waals surface area contributed by atoms with Crippen molar-refractivity contribution >= 4 is 5.96 Å². The summed E-state index contributed by atoms with van der Waals surface area (Å²) in [5.74, 6) is 0.860. The SMILES string of the molecule is CCC1CCCCN1CCNC(=NC)NCc1ccccc1Cn1cccn1. The molecule has 1 aliphatic rings. The molecule has 0 saturated carbocycles. The van der Waals surface area contributed by atoms with Gasteiger partial charge in [-0.15, -0.1) is 0 Å². The Hall–Kier alpha value is -2.34. The van der Waals surface area contributed by atoms with Crippen LogP contribution >= 0.6 is 0 Å². The molecule has 152 valence electrons. The van der Waals surface area contributed by atoms with Gasteiger partial charge in [-0.3, -0.25) is 14.6 Å². The third-order valence-corrected chi connectivity index (χ3v) is 5.59. The third kappa shape index (κ3) is 5.83. The summed E-state index contributed by atoms with van der Waals surface area (Å²) in [5, 5.41) is 11.3. The van der Waals surface area contributed by atoms with Crippen molar-refractivity contribution in [2.45, 2.75) is 51.7 Å². The van der Waals surface area contributed by atoms with Gasteiger partial charge in [-0.2, -0.15) is 5.10 Å². The van der Waals surface area contributed by atoms with Crippen LogP contribution in [0.15, 0.2) is 47.7 Å². The van der Waals surface area contributed by atoms with Crippen LogP contribution < -0.4 is 10.6 Å². The second kappa shape index (κ2) is 10.9. The molecule has 2 aromatic rings. The summed E-state index contributed by atoms with van der Waals surface area (Å²) in [7, 11) is 1.83. The molecule has 3 rings (SSSR count). The van der Waals surface area contributed by atoms with Crippen LogP contribution in [0.4, 0.5) is 0 Å². The normalized spacial score (nSPS) is 18.2. The molecule has 1 saturated heterocycles. The molecule has 0 bridgehead atoms. The monoisotopic (exact) mass is 382 g/mol. The Morgan fingerprint density at radius 2 is 2.04 bits per heavy atom. The minimum Gasteiger partial charge on any atom is -0.355 e. The van der Waals surface area contributed by atoms with E-state index in [-0.39, 0.29) is 0 Å². The predicted molar refractivity (Wildman–Crippen MR) is 115 cm³/mol. The van der Waals surface area contributed by atoms with Gasteiger partial charge in [0.25, 0.3) is 0 Å². The Labute approximate surface area is 169 Å². The van der Waals surface area contributed by atoms with Crippen LogP contribution in [0.2, 0.25) is 0 Å². The zero-order valence-corrected chi connectivity index (χ0v) is 17.3. The highest BCUT2D eigenvalue weighted by Crippen LogP contribution is 2.18. The molecule has 6 heteroatoms. The smallest absolute Gasteiger partial charge is 0.191 e. The Balaban J connectivity index is 1.48. The second-order valence-corrected chi connectivity index (χ2v) is 7.42. The van der Waals surface area contributed by atoms with Crippen molar-refractivity contribution in [3.8, 4) is 0 Å². The molecule has 1 atom stereocenters. The molecule has 0 spiro atoms. The van der Waals surface area contributed by atoms with Crippen molar-refractivity contribution in [2.24, 2.45) is 4.99 Å². The lowest BCUT2D eigenvalue weighted by molar-refractivity contribution is 0.147. The average molecular weight is 383 g/mol. The summed E-state index contributed by atoms with van der Waals surface area (Å²) >= 11 is 0. The highest BCUT2D eigenvalue weighted by atomic mass is 15.3. The first kappa shape index (κ1) is 20.4. The van der Waals surface area contributed by atoms with E-state index in [2.05, 4.69) is 56.8 Å². The van der Waals surface area contributed by atoms with Crippen molar-refractivity contribution in [2.75, 3.05) is 26.7 Å². The van der Waals surface area contributed by atoms with Crippen LogP contribution in [0.3, 0.4) is 0 Å². The lowest BCUT2D eigenvalue weighted by Gasteiger charge is -2.35. The molecule has 0 aliphatic carbocycles. The van der Waals surface area contributed by atoms with Gasteiger partial charge in [0.1, 0.15) is 0 Å². The van der Waals surface area contributed by atoms with E-state index in [0.717, 1.165) is 38.2 Å². The number of hydrogen-bond donors (Lipinski definition) is 2. The minimum absolute atomic E-state index is 0.748. The van der Waals surface area contributed by atoms with E-state index in [1.165, 1.54) is 43.4 Å². The Kier molecular flexibility index (Phi) is 7.91. The molecule has 2 heterocycles. The van der Waals surface area contributed by atoms with Crippen molar-refractivity contribution in [1.82, 2.24) is 25.3 Å². The summed E-state index contributed by atoms with van der Waals surface area (Å²) in [6, 6.07) is 11.2. The van der Waals surface area contributed by atoms with Crippen LogP contribution in [0, 0.1) is 0 Å². The van der Waals surface area contributed by atoms with Gasteiger partial charge in [0.05, 0.1) is 6.54 Å². The fraction of sp³-hybridized carbons (Fsp3) is 0.545. The van der Waals surface area contributed by atoms with Gasteiger partial charge in [-0.05, 0) is 43.0 Å². The molecule has 0 amide bonds. The molecule has 1 aromatic heterocycles. The van der Waals surface area contributed by atoms with Crippen molar-refractivity contribution in [3.63, 3.8) is 0 Å². The van der Waals surface area contributed by atoms with E-state index in [4.69, 9.17) is 0 Å². The van der Waals surface area contributed by atoms with E-state index in [1.54, 1.807) is 0 Å². The summed E-state index contributed by atoms with van der Waals surface area (Å²) in [5.41, 5.74) is 2.54. The Morgan fingerprint density at radius 1 is 1.18 bits per heavy atom. The van der Waals surface area contributed by atoms with E-state index in [0.29, 0.717) is 0 Å². The maximum absolute atomic E-state index is 4.39. The molecule has 0 radical (unpaired) electrons. The van der Waals surface area contributed by atoms with Gasteiger partial charge >= 0.3 is 0 Å². The molecular weight excluding hydrogens is 348 g/mol.